The lowest BCUT2D eigenvalue weighted by Crippen LogP contribution is -2.04. The first-order valence-electron chi connectivity index (χ1n) is 7.25. The van der Waals surface area contributed by atoms with Crippen LogP contribution in [0.5, 0.6) is 0 Å². The second-order valence-electron chi connectivity index (χ2n) is 4.76. The van der Waals surface area contributed by atoms with E-state index in [4.69, 9.17) is 5.11 Å². The Kier molecular flexibility index (Phi) is 13.4. The van der Waals surface area contributed by atoms with Crippen LogP contribution in [-0.4, -0.2) is 22.9 Å². The molecule has 0 saturated heterocycles. The maximum absolute atomic E-state index is 9.67. The molecule has 0 spiro atoms. The van der Waals surface area contributed by atoms with Gasteiger partial charge in [-0.05, 0) is 25.7 Å². The lowest BCUT2D eigenvalue weighted by atomic mass is 10.0. The summed E-state index contributed by atoms with van der Waals surface area (Å²) in [6, 6.07) is 0. The van der Waals surface area contributed by atoms with Gasteiger partial charge in [-0.15, -0.1) is 0 Å². The molecule has 0 heterocycles. The van der Waals surface area contributed by atoms with Crippen molar-refractivity contribution in [2.45, 2.75) is 77.2 Å². The molecule has 0 radical (unpaired) electrons. The van der Waals surface area contributed by atoms with Crippen LogP contribution < -0.4 is 0 Å². The van der Waals surface area contributed by atoms with Gasteiger partial charge in [0, 0.05) is 6.61 Å². The van der Waals surface area contributed by atoms with Gasteiger partial charge in [0.25, 0.3) is 0 Å². The monoisotopic (exact) mass is 242 g/mol. The van der Waals surface area contributed by atoms with Gasteiger partial charge >= 0.3 is 0 Å². The topological polar surface area (TPSA) is 40.5 Å². The molecule has 0 amide bonds. The van der Waals surface area contributed by atoms with Crippen molar-refractivity contribution < 1.29 is 10.2 Å². The summed E-state index contributed by atoms with van der Waals surface area (Å²) in [5.41, 5.74) is 0. The number of allylic oxidation sites excluding steroid dienone is 1. The standard InChI is InChI=1S/C15H30O2/c1-2-3-9-12-15(17)13-10-7-5-4-6-8-11-14-16/h3,9,15-17H,2,4-8,10-14H2,1H3/b9-3+. The van der Waals surface area contributed by atoms with E-state index in [0.717, 1.165) is 38.5 Å². The van der Waals surface area contributed by atoms with Crippen molar-refractivity contribution in [2.75, 3.05) is 6.61 Å². The van der Waals surface area contributed by atoms with E-state index in [1.807, 2.05) is 0 Å². The van der Waals surface area contributed by atoms with Crippen LogP contribution in [0.25, 0.3) is 0 Å². The van der Waals surface area contributed by atoms with Crippen molar-refractivity contribution in [3.63, 3.8) is 0 Å². The van der Waals surface area contributed by atoms with Crippen LogP contribution in [0.1, 0.15) is 71.1 Å². The molecule has 2 heteroatoms. The fourth-order valence-corrected chi connectivity index (χ4v) is 1.91. The van der Waals surface area contributed by atoms with Gasteiger partial charge in [-0.3, -0.25) is 0 Å². The van der Waals surface area contributed by atoms with Crippen molar-refractivity contribution in [1.82, 2.24) is 0 Å². The van der Waals surface area contributed by atoms with Gasteiger partial charge in [-0.25, -0.2) is 0 Å². The summed E-state index contributed by atoms with van der Waals surface area (Å²) in [7, 11) is 0. The van der Waals surface area contributed by atoms with Gasteiger partial charge in [0.15, 0.2) is 0 Å². The Morgan fingerprint density at radius 3 is 2.06 bits per heavy atom. The van der Waals surface area contributed by atoms with Crippen molar-refractivity contribution in [3.05, 3.63) is 12.2 Å². The summed E-state index contributed by atoms with van der Waals surface area (Å²) in [6.07, 6.45) is 15.1. The lowest BCUT2D eigenvalue weighted by Gasteiger charge is -2.07. The predicted octanol–water partition coefficient (Wildman–Crippen LogP) is 3.82. The van der Waals surface area contributed by atoms with E-state index in [0.29, 0.717) is 6.61 Å². The molecule has 0 saturated carbocycles. The number of rotatable bonds is 12. The van der Waals surface area contributed by atoms with Gasteiger partial charge in [-0.1, -0.05) is 57.6 Å². The third-order valence-electron chi connectivity index (χ3n) is 3.01. The zero-order valence-electron chi connectivity index (χ0n) is 11.4. The molecule has 0 aromatic carbocycles. The quantitative estimate of drug-likeness (QED) is 0.403. The first-order valence-corrected chi connectivity index (χ1v) is 7.25. The van der Waals surface area contributed by atoms with E-state index in [1.54, 1.807) is 0 Å². The maximum Gasteiger partial charge on any atom is 0.0574 e. The molecule has 2 nitrogen and oxygen atoms in total. The Bertz CT molecular complexity index is 166. The van der Waals surface area contributed by atoms with Crippen LogP contribution in [-0.2, 0) is 0 Å². The second kappa shape index (κ2) is 13.7. The first kappa shape index (κ1) is 16.7. The maximum atomic E-state index is 9.67. The van der Waals surface area contributed by atoms with Gasteiger partial charge in [0.2, 0.25) is 0 Å². The molecule has 17 heavy (non-hydrogen) atoms. The van der Waals surface area contributed by atoms with Gasteiger partial charge in [-0.2, -0.15) is 0 Å². The summed E-state index contributed by atoms with van der Waals surface area (Å²) in [5, 5.41) is 18.3. The van der Waals surface area contributed by atoms with Crippen LogP contribution in [0.3, 0.4) is 0 Å². The Labute approximate surface area is 107 Å². The molecule has 0 aromatic heterocycles. The lowest BCUT2D eigenvalue weighted by molar-refractivity contribution is 0.163. The third kappa shape index (κ3) is 13.6. The largest absolute Gasteiger partial charge is 0.396 e. The Morgan fingerprint density at radius 1 is 0.882 bits per heavy atom. The molecule has 0 rings (SSSR count). The van der Waals surface area contributed by atoms with E-state index >= 15 is 0 Å². The highest BCUT2D eigenvalue weighted by molar-refractivity contribution is 4.82. The number of hydrogen-bond acceptors (Lipinski definition) is 2. The molecule has 0 aliphatic heterocycles. The molecule has 0 bridgehead atoms. The summed E-state index contributed by atoms with van der Waals surface area (Å²) >= 11 is 0. The van der Waals surface area contributed by atoms with E-state index in [-0.39, 0.29) is 6.10 Å². The first-order chi connectivity index (χ1) is 8.31. The highest BCUT2D eigenvalue weighted by Gasteiger charge is 2.00. The normalized spacial score (nSPS) is 13.4. The molecule has 0 aliphatic rings. The van der Waals surface area contributed by atoms with Crippen molar-refractivity contribution in [2.24, 2.45) is 0 Å². The van der Waals surface area contributed by atoms with Gasteiger partial charge in [0.05, 0.1) is 6.10 Å². The summed E-state index contributed by atoms with van der Waals surface area (Å²) in [5.74, 6) is 0. The molecule has 2 N–H and O–H groups in total. The predicted molar refractivity (Wildman–Crippen MR) is 74.1 cm³/mol. The van der Waals surface area contributed by atoms with Gasteiger partial charge in [0.1, 0.15) is 0 Å². The van der Waals surface area contributed by atoms with E-state index in [2.05, 4.69) is 19.1 Å². The van der Waals surface area contributed by atoms with Crippen LogP contribution in [0, 0.1) is 0 Å². The fourth-order valence-electron chi connectivity index (χ4n) is 1.91. The number of hydrogen-bond donors (Lipinski definition) is 2. The molecule has 0 fully saturated rings. The Hall–Kier alpha value is -0.340. The SMILES string of the molecule is CC/C=C/CC(O)CCCCCCCCCO. The minimum absolute atomic E-state index is 0.146. The molecular weight excluding hydrogens is 212 g/mol. The average Bonchev–Trinajstić information content (AvgIpc) is 2.33. The number of unbranched alkanes of at least 4 members (excludes halogenated alkanes) is 6. The van der Waals surface area contributed by atoms with Crippen LogP contribution in [0.4, 0.5) is 0 Å². The molecule has 0 aliphatic carbocycles. The summed E-state index contributed by atoms with van der Waals surface area (Å²) in [4.78, 5) is 0. The van der Waals surface area contributed by atoms with Crippen LogP contribution in [0.2, 0.25) is 0 Å². The Balaban J connectivity index is 3.13. The number of aliphatic hydroxyl groups excluding tert-OH is 2. The van der Waals surface area contributed by atoms with Crippen molar-refractivity contribution in [3.8, 4) is 0 Å². The minimum atomic E-state index is -0.146. The van der Waals surface area contributed by atoms with Crippen molar-refractivity contribution in [1.29, 1.82) is 0 Å². The van der Waals surface area contributed by atoms with E-state index in [1.165, 1.54) is 25.7 Å². The number of aliphatic hydroxyl groups is 2. The molecular formula is C15H30O2. The fraction of sp³-hybridized carbons (Fsp3) is 0.867. The highest BCUT2D eigenvalue weighted by Crippen LogP contribution is 2.11. The molecule has 1 unspecified atom stereocenters. The van der Waals surface area contributed by atoms with Gasteiger partial charge < -0.3 is 10.2 Å². The van der Waals surface area contributed by atoms with E-state index in [9.17, 15) is 5.11 Å². The van der Waals surface area contributed by atoms with Crippen LogP contribution >= 0.6 is 0 Å². The van der Waals surface area contributed by atoms with E-state index < -0.39 is 0 Å². The zero-order chi connectivity index (χ0) is 12.8. The van der Waals surface area contributed by atoms with Crippen LogP contribution in [0.15, 0.2) is 12.2 Å². The molecule has 0 aromatic rings. The molecule has 102 valence electrons. The smallest absolute Gasteiger partial charge is 0.0574 e. The second-order valence-corrected chi connectivity index (χ2v) is 4.76. The third-order valence-corrected chi connectivity index (χ3v) is 3.01. The Morgan fingerprint density at radius 2 is 1.47 bits per heavy atom. The minimum Gasteiger partial charge on any atom is -0.396 e. The zero-order valence-corrected chi connectivity index (χ0v) is 11.4. The molecule has 1 atom stereocenters. The average molecular weight is 242 g/mol. The summed E-state index contributed by atoms with van der Waals surface area (Å²) < 4.78 is 0. The van der Waals surface area contributed by atoms with Crippen molar-refractivity contribution >= 4 is 0 Å². The summed E-state index contributed by atoms with van der Waals surface area (Å²) in [6.45, 7) is 2.44. The highest BCUT2D eigenvalue weighted by atomic mass is 16.3.